The lowest BCUT2D eigenvalue weighted by molar-refractivity contribution is -0.136. The van der Waals surface area contributed by atoms with Crippen LogP contribution in [0.15, 0.2) is 61.1 Å². The van der Waals surface area contributed by atoms with Gasteiger partial charge >= 0.3 is 0 Å². The van der Waals surface area contributed by atoms with Crippen LogP contribution in [0.5, 0.6) is 0 Å². The van der Waals surface area contributed by atoms with Crippen LogP contribution in [0.25, 0.3) is 33.4 Å². The molecule has 0 saturated carbocycles. The molecule has 0 radical (unpaired) electrons. The van der Waals surface area contributed by atoms with Crippen LogP contribution in [0.1, 0.15) is 18.9 Å². The summed E-state index contributed by atoms with van der Waals surface area (Å²) in [4.78, 5) is 18.7. The van der Waals surface area contributed by atoms with Gasteiger partial charge in [-0.1, -0.05) is 36.4 Å². The molecular weight excluding hydrogens is 402 g/mol. The molecule has 1 amide bonds. The lowest BCUT2D eigenvalue weighted by Crippen LogP contribution is -2.40. The average molecular weight is 430 g/mol. The number of methoxy groups -OCH3 is 1. The number of fused-ring (bicyclic) bond motifs is 1. The minimum absolute atomic E-state index is 0.0637. The van der Waals surface area contributed by atoms with Crippen molar-refractivity contribution in [1.82, 2.24) is 24.2 Å². The zero-order valence-corrected chi connectivity index (χ0v) is 18.4. The number of aromatic nitrogens is 4. The van der Waals surface area contributed by atoms with Crippen LogP contribution >= 0.6 is 0 Å². The predicted octanol–water partition coefficient (Wildman–Crippen LogP) is 3.91. The molecule has 2 aromatic carbocycles. The molecule has 0 bridgehead atoms. The van der Waals surface area contributed by atoms with E-state index in [4.69, 9.17) is 9.84 Å². The van der Waals surface area contributed by atoms with E-state index in [1.54, 1.807) is 7.11 Å². The number of likely N-dealkylation sites (tertiary alicyclic amines) is 1. The summed E-state index contributed by atoms with van der Waals surface area (Å²) in [7, 11) is 3.52. The summed E-state index contributed by atoms with van der Waals surface area (Å²) in [6.45, 7) is 1.64. The molecule has 0 atom stereocenters. The summed E-state index contributed by atoms with van der Waals surface area (Å²) in [5, 5.41) is 4.72. The second-order valence-corrected chi connectivity index (χ2v) is 8.33. The standard InChI is InChI=1S/C25H27N5O2/c1-28-15-21(25(27-28)18-6-4-3-5-7-18)19-8-9-22-23(14-19)30(17-26-22)20-10-12-29(13-11-20)24(31)16-32-2/h3-9,14-15,17,20H,10-13,16H2,1-2H3. The fraction of sp³-hybridized carbons (Fsp3) is 0.320. The Morgan fingerprint density at radius 3 is 2.62 bits per heavy atom. The van der Waals surface area contributed by atoms with Crippen LogP contribution in [-0.2, 0) is 16.6 Å². The minimum atomic E-state index is 0.0637. The molecule has 0 spiro atoms. The molecule has 32 heavy (non-hydrogen) atoms. The van der Waals surface area contributed by atoms with Crippen LogP contribution in [0.2, 0.25) is 0 Å². The smallest absolute Gasteiger partial charge is 0.248 e. The first-order chi connectivity index (χ1) is 15.6. The molecule has 5 rings (SSSR count). The minimum Gasteiger partial charge on any atom is -0.375 e. The zero-order valence-electron chi connectivity index (χ0n) is 18.4. The molecule has 0 unspecified atom stereocenters. The number of hydrogen-bond acceptors (Lipinski definition) is 4. The third kappa shape index (κ3) is 3.80. The van der Waals surface area contributed by atoms with Gasteiger partial charge in [-0.2, -0.15) is 5.10 Å². The van der Waals surface area contributed by atoms with Crippen LogP contribution in [0.4, 0.5) is 0 Å². The summed E-state index contributed by atoms with van der Waals surface area (Å²) < 4.78 is 9.14. The molecule has 1 saturated heterocycles. The Morgan fingerprint density at radius 2 is 1.88 bits per heavy atom. The topological polar surface area (TPSA) is 65.2 Å². The molecule has 1 aliphatic rings. The fourth-order valence-electron chi connectivity index (χ4n) is 4.60. The Kier molecular flexibility index (Phi) is 5.49. The van der Waals surface area contributed by atoms with E-state index in [0.29, 0.717) is 6.04 Å². The SMILES string of the molecule is COCC(=O)N1CCC(n2cnc3ccc(-c4cn(C)nc4-c4ccccc4)cc32)CC1. The van der Waals surface area contributed by atoms with E-state index in [1.165, 1.54) is 0 Å². The number of imidazole rings is 1. The van der Waals surface area contributed by atoms with Gasteiger partial charge in [0.1, 0.15) is 12.3 Å². The summed E-state index contributed by atoms with van der Waals surface area (Å²) in [5.41, 5.74) is 6.41. The number of nitrogens with zero attached hydrogens (tertiary/aromatic N) is 5. The van der Waals surface area contributed by atoms with E-state index in [2.05, 4.69) is 46.1 Å². The zero-order chi connectivity index (χ0) is 22.1. The average Bonchev–Trinajstić information content (AvgIpc) is 3.43. The van der Waals surface area contributed by atoms with Crippen molar-refractivity contribution in [2.24, 2.45) is 7.05 Å². The Labute approximate surface area is 187 Å². The van der Waals surface area contributed by atoms with Gasteiger partial charge in [0, 0.05) is 50.6 Å². The van der Waals surface area contributed by atoms with Crippen LogP contribution < -0.4 is 0 Å². The maximum absolute atomic E-state index is 12.1. The largest absolute Gasteiger partial charge is 0.375 e. The number of piperidine rings is 1. The highest BCUT2D eigenvalue weighted by Crippen LogP contribution is 2.34. The molecule has 164 valence electrons. The van der Waals surface area contributed by atoms with Gasteiger partial charge in [0.2, 0.25) is 5.91 Å². The summed E-state index contributed by atoms with van der Waals surface area (Å²) >= 11 is 0. The lowest BCUT2D eigenvalue weighted by Gasteiger charge is -2.32. The first-order valence-corrected chi connectivity index (χ1v) is 11.0. The van der Waals surface area contributed by atoms with Crippen molar-refractivity contribution in [3.63, 3.8) is 0 Å². The summed E-state index contributed by atoms with van der Waals surface area (Å²) in [6.07, 6.45) is 5.83. The van der Waals surface area contributed by atoms with Crippen molar-refractivity contribution >= 4 is 16.9 Å². The van der Waals surface area contributed by atoms with Crippen molar-refractivity contribution in [3.8, 4) is 22.4 Å². The van der Waals surface area contributed by atoms with Crippen molar-refractivity contribution < 1.29 is 9.53 Å². The second kappa shape index (κ2) is 8.59. The Hall–Kier alpha value is -3.45. The summed E-state index contributed by atoms with van der Waals surface area (Å²) in [5.74, 6) is 0.0637. The molecule has 1 fully saturated rings. The van der Waals surface area contributed by atoms with Gasteiger partial charge in [0.05, 0.1) is 17.4 Å². The highest BCUT2D eigenvalue weighted by atomic mass is 16.5. The number of amides is 1. The number of benzene rings is 2. The number of carbonyl (C=O) groups excluding carboxylic acids is 1. The van der Waals surface area contributed by atoms with Crippen LogP contribution in [0, 0.1) is 0 Å². The maximum atomic E-state index is 12.1. The van der Waals surface area contributed by atoms with Gasteiger partial charge in [0.15, 0.2) is 0 Å². The van der Waals surface area contributed by atoms with Crippen molar-refractivity contribution in [3.05, 3.63) is 61.1 Å². The Bertz CT molecular complexity index is 1240. The second-order valence-electron chi connectivity index (χ2n) is 8.33. The van der Waals surface area contributed by atoms with E-state index in [9.17, 15) is 4.79 Å². The molecule has 7 heteroatoms. The Morgan fingerprint density at radius 1 is 1.09 bits per heavy atom. The first-order valence-electron chi connectivity index (χ1n) is 11.0. The molecule has 0 N–H and O–H groups in total. The summed E-state index contributed by atoms with van der Waals surface area (Å²) in [6, 6.07) is 17.0. The first kappa shape index (κ1) is 20.5. The van der Waals surface area contributed by atoms with Gasteiger partial charge < -0.3 is 14.2 Å². The number of aryl methyl sites for hydroxylation is 1. The van der Waals surface area contributed by atoms with Crippen molar-refractivity contribution in [2.45, 2.75) is 18.9 Å². The van der Waals surface area contributed by atoms with E-state index in [0.717, 1.165) is 59.3 Å². The fourth-order valence-corrected chi connectivity index (χ4v) is 4.60. The van der Waals surface area contributed by atoms with E-state index < -0.39 is 0 Å². The number of ether oxygens (including phenoxy) is 1. The van der Waals surface area contributed by atoms with Gasteiger partial charge in [-0.15, -0.1) is 0 Å². The predicted molar refractivity (Wildman–Crippen MR) is 124 cm³/mol. The van der Waals surface area contributed by atoms with E-state index in [1.807, 2.05) is 41.2 Å². The monoisotopic (exact) mass is 429 g/mol. The molecule has 1 aliphatic heterocycles. The maximum Gasteiger partial charge on any atom is 0.248 e. The Balaban J connectivity index is 1.46. The van der Waals surface area contributed by atoms with Gasteiger partial charge in [-0.05, 0) is 30.5 Å². The highest BCUT2D eigenvalue weighted by molar-refractivity contribution is 5.87. The molecule has 2 aromatic heterocycles. The van der Waals surface area contributed by atoms with Gasteiger partial charge in [-0.3, -0.25) is 9.48 Å². The van der Waals surface area contributed by atoms with E-state index >= 15 is 0 Å². The molecular formula is C25H27N5O2. The lowest BCUT2D eigenvalue weighted by atomic mass is 10.0. The van der Waals surface area contributed by atoms with Crippen LogP contribution in [0.3, 0.4) is 0 Å². The van der Waals surface area contributed by atoms with Crippen molar-refractivity contribution in [2.75, 3.05) is 26.8 Å². The molecule has 4 aromatic rings. The number of hydrogen-bond donors (Lipinski definition) is 0. The van der Waals surface area contributed by atoms with E-state index in [-0.39, 0.29) is 12.5 Å². The quantitative estimate of drug-likeness (QED) is 0.482. The van der Waals surface area contributed by atoms with Crippen LogP contribution in [-0.4, -0.2) is 56.9 Å². The molecule has 0 aliphatic carbocycles. The van der Waals surface area contributed by atoms with Gasteiger partial charge in [-0.25, -0.2) is 4.98 Å². The van der Waals surface area contributed by atoms with Crippen molar-refractivity contribution in [1.29, 1.82) is 0 Å². The molecule has 7 nitrogen and oxygen atoms in total. The molecule has 3 heterocycles. The van der Waals surface area contributed by atoms with Gasteiger partial charge in [0.25, 0.3) is 0 Å². The normalized spacial score (nSPS) is 14.9. The third-order valence-electron chi connectivity index (χ3n) is 6.24. The highest BCUT2D eigenvalue weighted by Gasteiger charge is 2.25. The number of rotatable bonds is 5. The third-order valence-corrected chi connectivity index (χ3v) is 6.24. The number of carbonyl (C=O) groups is 1.